The first-order valence-electron chi connectivity index (χ1n) is 4.61. The van der Waals surface area contributed by atoms with Crippen LogP contribution >= 0.6 is 15.9 Å². The molecular weight excluding hydrogens is 254 g/mol. The molecular formula is C11H10BrN3. The summed E-state index contributed by atoms with van der Waals surface area (Å²) in [5, 5.41) is 9.69. The van der Waals surface area contributed by atoms with Crippen molar-refractivity contribution in [3.05, 3.63) is 34.4 Å². The highest BCUT2D eigenvalue weighted by atomic mass is 79.9. The molecule has 0 aliphatic carbocycles. The number of benzene rings is 1. The van der Waals surface area contributed by atoms with Gasteiger partial charge in [-0.15, -0.1) is 0 Å². The number of hydrogen-bond donors (Lipinski definition) is 2. The van der Waals surface area contributed by atoms with Gasteiger partial charge < -0.3 is 10.7 Å². The minimum Gasteiger partial charge on any atom is -0.361 e. The van der Waals surface area contributed by atoms with Gasteiger partial charge in [-0.25, -0.2) is 0 Å². The number of nitrogens with zero attached hydrogens (tertiary/aromatic N) is 1. The molecule has 0 radical (unpaired) electrons. The first-order chi connectivity index (χ1) is 7.22. The summed E-state index contributed by atoms with van der Waals surface area (Å²) in [6.07, 6.45) is 2.21. The summed E-state index contributed by atoms with van der Waals surface area (Å²) in [6, 6.07) is 7.83. The third-order valence-corrected chi connectivity index (χ3v) is 2.88. The predicted molar refractivity (Wildman–Crippen MR) is 63.2 cm³/mol. The molecule has 1 aromatic carbocycles. The maximum Gasteiger partial charge on any atom is 0.0641 e. The minimum absolute atomic E-state index is 0.224. The highest BCUT2D eigenvalue weighted by Gasteiger charge is 2.11. The van der Waals surface area contributed by atoms with Crippen LogP contribution in [0.2, 0.25) is 0 Å². The van der Waals surface area contributed by atoms with Gasteiger partial charge in [0.05, 0.1) is 12.5 Å². The largest absolute Gasteiger partial charge is 0.361 e. The van der Waals surface area contributed by atoms with E-state index in [1.54, 1.807) is 0 Å². The van der Waals surface area contributed by atoms with E-state index in [-0.39, 0.29) is 6.04 Å². The molecule has 1 atom stereocenters. The standard InChI is InChI=1S/C11H10BrN3/c12-7-1-2-11-8(5-7)9(6-15-11)10(14)3-4-13/h1-2,5-6,10,15H,3,14H2/t10-/m1/s1. The van der Waals surface area contributed by atoms with Crippen molar-refractivity contribution in [2.45, 2.75) is 12.5 Å². The molecule has 2 rings (SSSR count). The number of rotatable bonds is 2. The molecule has 0 fully saturated rings. The maximum absolute atomic E-state index is 8.61. The minimum atomic E-state index is -0.224. The Morgan fingerprint density at radius 1 is 1.53 bits per heavy atom. The van der Waals surface area contributed by atoms with Gasteiger partial charge in [0.1, 0.15) is 0 Å². The van der Waals surface area contributed by atoms with Crippen LogP contribution in [0.15, 0.2) is 28.9 Å². The van der Waals surface area contributed by atoms with Gasteiger partial charge in [0.2, 0.25) is 0 Å². The van der Waals surface area contributed by atoms with Crippen LogP contribution in [0, 0.1) is 11.3 Å². The van der Waals surface area contributed by atoms with E-state index in [0.717, 1.165) is 20.9 Å². The average Bonchev–Trinajstić information content (AvgIpc) is 2.60. The zero-order chi connectivity index (χ0) is 10.8. The summed E-state index contributed by atoms with van der Waals surface area (Å²) in [4.78, 5) is 3.14. The Kier molecular flexibility index (Phi) is 2.76. The number of H-pyrrole nitrogens is 1. The number of nitrogens with one attached hydrogen (secondary N) is 1. The summed E-state index contributed by atoms with van der Waals surface area (Å²) < 4.78 is 1.01. The molecule has 0 amide bonds. The van der Waals surface area contributed by atoms with Crippen LogP contribution < -0.4 is 5.73 Å². The molecule has 1 aromatic heterocycles. The van der Waals surface area contributed by atoms with E-state index in [4.69, 9.17) is 11.0 Å². The summed E-state index contributed by atoms with van der Waals surface area (Å²) >= 11 is 3.42. The number of aromatic nitrogens is 1. The Labute approximate surface area is 96.0 Å². The van der Waals surface area contributed by atoms with E-state index in [9.17, 15) is 0 Å². The van der Waals surface area contributed by atoms with Crippen LogP contribution in [-0.4, -0.2) is 4.98 Å². The highest BCUT2D eigenvalue weighted by molar-refractivity contribution is 9.10. The van der Waals surface area contributed by atoms with Gasteiger partial charge in [-0.2, -0.15) is 5.26 Å². The molecule has 0 saturated carbocycles. The molecule has 2 aromatic rings. The fraction of sp³-hybridized carbons (Fsp3) is 0.182. The van der Waals surface area contributed by atoms with E-state index in [1.807, 2.05) is 24.4 Å². The Morgan fingerprint density at radius 2 is 2.33 bits per heavy atom. The van der Waals surface area contributed by atoms with E-state index in [1.165, 1.54) is 0 Å². The second kappa shape index (κ2) is 4.05. The van der Waals surface area contributed by atoms with Crippen LogP contribution in [0.25, 0.3) is 10.9 Å². The van der Waals surface area contributed by atoms with Gasteiger partial charge >= 0.3 is 0 Å². The number of nitrogens with two attached hydrogens (primary N) is 1. The Morgan fingerprint density at radius 3 is 3.07 bits per heavy atom. The summed E-state index contributed by atoms with van der Waals surface area (Å²) in [5.74, 6) is 0. The topological polar surface area (TPSA) is 65.6 Å². The Bertz CT molecular complexity index is 524. The van der Waals surface area contributed by atoms with Gasteiger partial charge in [0.25, 0.3) is 0 Å². The molecule has 15 heavy (non-hydrogen) atoms. The van der Waals surface area contributed by atoms with E-state index >= 15 is 0 Å². The lowest BCUT2D eigenvalue weighted by molar-refractivity contribution is 0.755. The number of aromatic amines is 1. The fourth-order valence-electron chi connectivity index (χ4n) is 1.63. The van der Waals surface area contributed by atoms with Crippen LogP contribution in [0.5, 0.6) is 0 Å². The second-order valence-electron chi connectivity index (χ2n) is 3.40. The normalized spacial score (nSPS) is 12.6. The zero-order valence-corrected chi connectivity index (χ0v) is 9.58. The molecule has 0 bridgehead atoms. The van der Waals surface area contributed by atoms with Crippen molar-refractivity contribution in [3.63, 3.8) is 0 Å². The predicted octanol–water partition coefficient (Wildman–Crippen LogP) is 2.84. The summed E-state index contributed by atoms with van der Waals surface area (Å²) in [5.41, 5.74) is 7.94. The molecule has 4 heteroatoms. The molecule has 0 aliphatic heterocycles. The summed E-state index contributed by atoms with van der Waals surface area (Å²) in [7, 11) is 0. The van der Waals surface area contributed by atoms with Gasteiger partial charge in [-0.05, 0) is 23.8 Å². The molecule has 0 aliphatic rings. The van der Waals surface area contributed by atoms with Crippen LogP contribution in [0.3, 0.4) is 0 Å². The van der Waals surface area contributed by atoms with Crippen LogP contribution in [0.4, 0.5) is 0 Å². The van der Waals surface area contributed by atoms with Crippen molar-refractivity contribution < 1.29 is 0 Å². The monoisotopic (exact) mass is 263 g/mol. The highest BCUT2D eigenvalue weighted by Crippen LogP contribution is 2.27. The smallest absolute Gasteiger partial charge is 0.0641 e. The van der Waals surface area contributed by atoms with E-state index in [0.29, 0.717) is 6.42 Å². The van der Waals surface area contributed by atoms with E-state index in [2.05, 4.69) is 27.0 Å². The second-order valence-corrected chi connectivity index (χ2v) is 4.32. The van der Waals surface area contributed by atoms with Gasteiger partial charge in [0.15, 0.2) is 0 Å². The average molecular weight is 264 g/mol. The first kappa shape index (κ1) is 10.2. The van der Waals surface area contributed by atoms with Gasteiger partial charge in [-0.3, -0.25) is 0 Å². The van der Waals surface area contributed by atoms with Crippen LogP contribution in [-0.2, 0) is 0 Å². The van der Waals surface area contributed by atoms with Crippen molar-refractivity contribution >= 4 is 26.8 Å². The summed E-state index contributed by atoms with van der Waals surface area (Å²) in [6.45, 7) is 0. The maximum atomic E-state index is 8.61. The van der Waals surface area contributed by atoms with Crippen molar-refractivity contribution in [2.24, 2.45) is 5.73 Å². The molecule has 0 unspecified atom stereocenters. The Balaban J connectivity index is 2.53. The molecule has 0 spiro atoms. The quantitative estimate of drug-likeness (QED) is 0.875. The number of nitriles is 1. The first-order valence-corrected chi connectivity index (χ1v) is 5.40. The lowest BCUT2D eigenvalue weighted by Gasteiger charge is -2.05. The van der Waals surface area contributed by atoms with Crippen molar-refractivity contribution in [1.29, 1.82) is 5.26 Å². The number of hydrogen-bond acceptors (Lipinski definition) is 2. The fourth-order valence-corrected chi connectivity index (χ4v) is 1.99. The molecule has 3 N–H and O–H groups in total. The van der Waals surface area contributed by atoms with E-state index < -0.39 is 0 Å². The lowest BCUT2D eigenvalue weighted by Crippen LogP contribution is -2.08. The molecule has 76 valence electrons. The number of fused-ring (bicyclic) bond motifs is 1. The van der Waals surface area contributed by atoms with Crippen molar-refractivity contribution in [2.75, 3.05) is 0 Å². The zero-order valence-electron chi connectivity index (χ0n) is 8.00. The van der Waals surface area contributed by atoms with Gasteiger partial charge in [-0.1, -0.05) is 15.9 Å². The molecule has 0 saturated heterocycles. The van der Waals surface area contributed by atoms with Crippen molar-refractivity contribution in [3.8, 4) is 6.07 Å². The SMILES string of the molecule is N#CC[C@@H](N)c1c[nH]c2ccc(Br)cc12. The lowest BCUT2D eigenvalue weighted by atomic mass is 10.0. The molecule has 1 heterocycles. The molecule has 3 nitrogen and oxygen atoms in total. The van der Waals surface area contributed by atoms with Gasteiger partial charge in [0, 0.05) is 27.6 Å². The van der Waals surface area contributed by atoms with Crippen LogP contribution in [0.1, 0.15) is 18.0 Å². The van der Waals surface area contributed by atoms with Crippen molar-refractivity contribution in [1.82, 2.24) is 4.98 Å². The third-order valence-electron chi connectivity index (χ3n) is 2.39. The Hall–Kier alpha value is -1.31. The number of halogens is 1. The third kappa shape index (κ3) is 1.89.